The van der Waals surface area contributed by atoms with Crippen LogP contribution in [-0.2, 0) is 11.2 Å². The Morgan fingerprint density at radius 1 is 1.40 bits per heavy atom. The zero-order valence-corrected chi connectivity index (χ0v) is 11.1. The second-order valence-corrected chi connectivity index (χ2v) is 6.81. The molecule has 0 N–H and O–H groups in total. The lowest BCUT2D eigenvalue weighted by molar-refractivity contribution is -0.119. The molecule has 0 aromatic carbocycles. The molecule has 1 heterocycles. The summed E-state index contributed by atoms with van der Waals surface area (Å²) in [6, 6.07) is 4.27. The summed E-state index contributed by atoms with van der Waals surface area (Å²) in [6.07, 6.45) is 6.25. The number of carbonyl (C=O) groups is 1. The first-order valence-electron chi connectivity index (χ1n) is 5.50. The molecule has 1 saturated carbocycles. The molecule has 3 heteroatoms. The summed E-state index contributed by atoms with van der Waals surface area (Å²) in [4.78, 5) is 12.9. The van der Waals surface area contributed by atoms with Crippen molar-refractivity contribution in [1.82, 2.24) is 0 Å². The van der Waals surface area contributed by atoms with Gasteiger partial charge in [-0.15, -0.1) is 11.3 Å². The van der Waals surface area contributed by atoms with Crippen molar-refractivity contribution in [2.45, 2.75) is 38.5 Å². The van der Waals surface area contributed by atoms with E-state index in [-0.39, 0.29) is 0 Å². The number of thiophene rings is 1. The minimum Gasteiger partial charge on any atom is -0.300 e. The Balaban J connectivity index is 1.95. The fourth-order valence-corrected chi connectivity index (χ4v) is 3.80. The predicted molar refractivity (Wildman–Crippen MR) is 67.3 cm³/mol. The first-order valence-corrected chi connectivity index (χ1v) is 7.11. The maximum atomic E-state index is 11.5. The molecule has 0 spiro atoms. The van der Waals surface area contributed by atoms with Crippen LogP contribution in [0.25, 0.3) is 0 Å². The minimum atomic E-state index is 0.466. The highest BCUT2D eigenvalue weighted by atomic mass is 79.9. The molecule has 1 fully saturated rings. The summed E-state index contributed by atoms with van der Waals surface area (Å²) in [6.45, 7) is 0. The lowest BCUT2D eigenvalue weighted by Gasteiger charge is -2.11. The first kappa shape index (κ1) is 11.3. The fourth-order valence-electron chi connectivity index (χ4n) is 2.20. The van der Waals surface area contributed by atoms with Gasteiger partial charge in [0, 0.05) is 17.7 Å². The van der Waals surface area contributed by atoms with Gasteiger partial charge in [-0.1, -0.05) is 6.42 Å². The van der Waals surface area contributed by atoms with Crippen LogP contribution in [0.3, 0.4) is 0 Å². The van der Waals surface area contributed by atoms with Crippen LogP contribution in [0.4, 0.5) is 0 Å². The summed E-state index contributed by atoms with van der Waals surface area (Å²) in [5, 5.41) is 0. The van der Waals surface area contributed by atoms with Gasteiger partial charge in [0.2, 0.25) is 0 Å². The molecular formula is C12H15BrOS. The lowest BCUT2D eigenvalue weighted by atomic mass is 9.95. The molecule has 0 bridgehead atoms. The molecule has 1 aromatic rings. The Morgan fingerprint density at radius 3 is 3.00 bits per heavy atom. The second-order valence-electron chi connectivity index (χ2n) is 4.26. The van der Waals surface area contributed by atoms with E-state index in [0.29, 0.717) is 11.7 Å². The zero-order chi connectivity index (χ0) is 10.7. The van der Waals surface area contributed by atoms with Gasteiger partial charge in [0.25, 0.3) is 0 Å². The van der Waals surface area contributed by atoms with E-state index in [1.807, 2.05) is 0 Å². The number of ketones is 1. The standard InChI is InChI=1S/C12H15BrOS/c13-12-6-5-11(15-12)8-9-3-1-2-4-10(14)7-9/h5-6,9H,1-4,7-8H2. The van der Waals surface area contributed by atoms with Gasteiger partial charge in [-0.2, -0.15) is 0 Å². The summed E-state index contributed by atoms with van der Waals surface area (Å²) in [5.41, 5.74) is 0. The topological polar surface area (TPSA) is 17.1 Å². The maximum absolute atomic E-state index is 11.5. The summed E-state index contributed by atoms with van der Waals surface area (Å²) < 4.78 is 1.19. The molecule has 0 amide bonds. The van der Waals surface area contributed by atoms with E-state index in [2.05, 4.69) is 28.1 Å². The van der Waals surface area contributed by atoms with Crippen molar-refractivity contribution in [2.24, 2.45) is 5.92 Å². The average molecular weight is 287 g/mol. The van der Waals surface area contributed by atoms with Gasteiger partial charge in [0.15, 0.2) is 0 Å². The SMILES string of the molecule is O=C1CCCCC(Cc2ccc(Br)s2)C1. The van der Waals surface area contributed by atoms with E-state index in [1.165, 1.54) is 21.5 Å². The van der Waals surface area contributed by atoms with E-state index >= 15 is 0 Å². The van der Waals surface area contributed by atoms with Crippen molar-refractivity contribution < 1.29 is 4.79 Å². The van der Waals surface area contributed by atoms with Crippen LogP contribution in [0.1, 0.15) is 37.0 Å². The van der Waals surface area contributed by atoms with Gasteiger partial charge < -0.3 is 0 Å². The van der Waals surface area contributed by atoms with Crippen molar-refractivity contribution in [1.29, 1.82) is 0 Å². The Labute approximate surface area is 103 Å². The van der Waals surface area contributed by atoms with Crippen molar-refractivity contribution >= 4 is 33.0 Å². The third kappa shape index (κ3) is 3.42. The molecule has 1 aromatic heterocycles. The number of Topliss-reactive ketones (excluding diaryl/α,β-unsaturated/α-hetero) is 1. The van der Waals surface area contributed by atoms with E-state index in [1.54, 1.807) is 11.3 Å². The summed E-state index contributed by atoms with van der Waals surface area (Å²) >= 11 is 5.27. The van der Waals surface area contributed by atoms with Crippen LogP contribution in [-0.4, -0.2) is 5.78 Å². The lowest BCUT2D eigenvalue weighted by Crippen LogP contribution is -2.07. The third-order valence-corrected chi connectivity index (χ3v) is 4.60. The molecule has 15 heavy (non-hydrogen) atoms. The predicted octanol–water partition coefficient (Wildman–Crippen LogP) is 4.20. The number of halogens is 1. The molecule has 1 aliphatic carbocycles. The van der Waals surface area contributed by atoms with Gasteiger partial charge in [0.1, 0.15) is 5.78 Å². The third-order valence-electron chi connectivity index (χ3n) is 2.95. The van der Waals surface area contributed by atoms with Crippen LogP contribution >= 0.6 is 27.3 Å². The highest BCUT2D eigenvalue weighted by Crippen LogP contribution is 2.29. The Bertz CT molecular complexity index is 345. The Hall–Kier alpha value is -0.150. The van der Waals surface area contributed by atoms with Crippen LogP contribution in [0, 0.1) is 5.92 Å². The minimum absolute atomic E-state index is 0.466. The molecule has 0 aliphatic heterocycles. The number of hydrogen-bond acceptors (Lipinski definition) is 2. The van der Waals surface area contributed by atoms with Crippen molar-refractivity contribution in [3.63, 3.8) is 0 Å². The normalized spacial score (nSPS) is 22.7. The summed E-state index contributed by atoms with van der Waals surface area (Å²) in [7, 11) is 0. The Kier molecular flexibility index (Phi) is 3.98. The van der Waals surface area contributed by atoms with Crippen molar-refractivity contribution in [3.8, 4) is 0 Å². The molecule has 1 atom stereocenters. The number of rotatable bonds is 2. The fraction of sp³-hybridized carbons (Fsp3) is 0.583. The smallest absolute Gasteiger partial charge is 0.133 e. The van der Waals surface area contributed by atoms with Crippen molar-refractivity contribution in [3.05, 3.63) is 20.8 Å². The van der Waals surface area contributed by atoms with Crippen LogP contribution in [0.2, 0.25) is 0 Å². The van der Waals surface area contributed by atoms with Crippen LogP contribution in [0.5, 0.6) is 0 Å². The van der Waals surface area contributed by atoms with E-state index in [9.17, 15) is 4.79 Å². The van der Waals surface area contributed by atoms with Crippen LogP contribution in [0.15, 0.2) is 15.9 Å². The van der Waals surface area contributed by atoms with E-state index in [0.717, 1.165) is 25.7 Å². The molecule has 1 nitrogen and oxygen atoms in total. The van der Waals surface area contributed by atoms with Gasteiger partial charge in [-0.25, -0.2) is 0 Å². The van der Waals surface area contributed by atoms with Crippen molar-refractivity contribution in [2.75, 3.05) is 0 Å². The van der Waals surface area contributed by atoms with Gasteiger partial charge in [0.05, 0.1) is 3.79 Å². The average Bonchev–Trinajstić information content (AvgIpc) is 2.46. The maximum Gasteiger partial charge on any atom is 0.133 e. The molecule has 82 valence electrons. The first-order chi connectivity index (χ1) is 7.24. The monoisotopic (exact) mass is 286 g/mol. The number of carbonyl (C=O) groups excluding carboxylic acids is 1. The molecule has 1 unspecified atom stereocenters. The summed E-state index contributed by atoms with van der Waals surface area (Å²) in [5.74, 6) is 1.05. The van der Waals surface area contributed by atoms with Gasteiger partial charge in [-0.05, 0) is 53.2 Å². The molecule has 1 aliphatic rings. The highest BCUT2D eigenvalue weighted by Gasteiger charge is 2.18. The van der Waals surface area contributed by atoms with Crippen LogP contribution < -0.4 is 0 Å². The van der Waals surface area contributed by atoms with E-state index < -0.39 is 0 Å². The number of hydrogen-bond donors (Lipinski definition) is 0. The zero-order valence-electron chi connectivity index (χ0n) is 8.67. The molecule has 0 saturated heterocycles. The quantitative estimate of drug-likeness (QED) is 0.745. The largest absolute Gasteiger partial charge is 0.300 e. The molecule has 0 radical (unpaired) electrons. The molecular weight excluding hydrogens is 272 g/mol. The Morgan fingerprint density at radius 2 is 2.27 bits per heavy atom. The van der Waals surface area contributed by atoms with E-state index in [4.69, 9.17) is 0 Å². The highest BCUT2D eigenvalue weighted by molar-refractivity contribution is 9.11. The van der Waals surface area contributed by atoms with Gasteiger partial charge >= 0.3 is 0 Å². The second kappa shape index (κ2) is 5.26. The molecule has 2 rings (SSSR count). The van der Waals surface area contributed by atoms with Gasteiger partial charge in [-0.3, -0.25) is 4.79 Å².